The second-order valence-corrected chi connectivity index (χ2v) is 4.04. The average Bonchev–Trinajstić information content (AvgIpc) is 2.74. The van der Waals surface area contributed by atoms with Crippen molar-refractivity contribution in [2.24, 2.45) is 0 Å². The molecule has 2 aliphatic heterocycles. The fraction of sp³-hybridized carbons (Fsp3) is 0.778. The quantitative estimate of drug-likeness (QED) is 0.463. The van der Waals surface area contributed by atoms with Crippen LogP contribution in [0.1, 0.15) is 12.8 Å². The molecule has 0 aromatic rings. The number of β-amino-alcohol motifs (C(OH)–C–C–N with tert-alkyl or cyclic N) is 2. The summed E-state index contributed by atoms with van der Waals surface area (Å²) in [6.07, 6.45) is -0.868. The van der Waals surface area contributed by atoms with Gasteiger partial charge in [-0.3, -0.25) is 9.59 Å². The number of carbonyl (C=O) groups is 2. The Hall–Kier alpha value is -1.14. The molecule has 0 saturated carbocycles. The molecule has 0 aromatic heterocycles. The van der Waals surface area contributed by atoms with Crippen LogP contribution in [0.5, 0.6) is 0 Å². The van der Waals surface area contributed by atoms with Crippen molar-refractivity contribution in [2.75, 3.05) is 13.1 Å². The van der Waals surface area contributed by atoms with E-state index in [1.54, 1.807) is 0 Å². The van der Waals surface area contributed by atoms with Gasteiger partial charge in [0.2, 0.25) is 11.8 Å². The number of rotatable bonds is 1. The van der Waals surface area contributed by atoms with E-state index in [0.29, 0.717) is 12.8 Å². The Morgan fingerprint density at radius 2 is 1.93 bits per heavy atom. The highest BCUT2D eigenvalue weighted by Crippen LogP contribution is 2.15. The Balaban J connectivity index is 1.94. The first-order chi connectivity index (χ1) is 7.08. The molecule has 0 aromatic carbocycles. The lowest BCUT2D eigenvalue weighted by atomic mass is 10.2. The van der Waals surface area contributed by atoms with Crippen LogP contribution >= 0.6 is 0 Å². The third-order valence-electron chi connectivity index (χ3n) is 2.86. The molecular weight excluding hydrogens is 200 g/mol. The van der Waals surface area contributed by atoms with Gasteiger partial charge in [-0.05, 0) is 6.42 Å². The van der Waals surface area contributed by atoms with Crippen LogP contribution in [-0.4, -0.2) is 58.3 Å². The number of hydrogen-bond donors (Lipinski definition) is 3. The van der Waals surface area contributed by atoms with E-state index in [4.69, 9.17) is 0 Å². The molecule has 2 aliphatic rings. The first-order valence-corrected chi connectivity index (χ1v) is 5.02. The molecule has 0 aliphatic carbocycles. The number of aliphatic hydroxyl groups excluding tert-OH is 2. The summed E-state index contributed by atoms with van der Waals surface area (Å²) in [5, 5.41) is 21.1. The van der Waals surface area contributed by atoms with Crippen LogP contribution in [0.4, 0.5) is 0 Å². The maximum Gasteiger partial charge on any atom is 0.245 e. The molecule has 84 valence electrons. The molecule has 3 atom stereocenters. The number of nitrogens with one attached hydrogen (secondary N) is 1. The normalized spacial score (nSPS) is 35.7. The van der Waals surface area contributed by atoms with Gasteiger partial charge >= 0.3 is 0 Å². The maximum absolute atomic E-state index is 11.8. The summed E-state index contributed by atoms with van der Waals surface area (Å²) >= 11 is 0. The van der Waals surface area contributed by atoms with Gasteiger partial charge in [0, 0.05) is 19.5 Å². The van der Waals surface area contributed by atoms with Gasteiger partial charge in [0.05, 0.1) is 12.2 Å². The number of nitrogens with zero attached hydrogens (tertiary/aromatic N) is 1. The summed E-state index contributed by atoms with van der Waals surface area (Å²) in [6.45, 7) is 0.290. The minimum absolute atomic E-state index is 0.117. The summed E-state index contributed by atoms with van der Waals surface area (Å²) in [5.74, 6) is -0.329. The minimum Gasteiger partial charge on any atom is -0.388 e. The lowest BCUT2D eigenvalue weighted by molar-refractivity contribution is -0.133. The molecule has 2 amide bonds. The van der Waals surface area contributed by atoms with Crippen LogP contribution in [0.25, 0.3) is 0 Å². The minimum atomic E-state index is -0.869. The first-order valence-electron chi connectivity index (χ1n) is 5.02. The first kappa shape index (κ1) is 10.4. The van der Waals surface area contributed by atoms with Crippen LogP contribution in [0.15, 0.2) is 0 Å². The third kappa shape index (κ3) is 1.95. The molecular formula is C9H14N2O4. The highest BCUT2D eigenvalue weighted by Gasteiger charge is 2.37. The van der Waals surface area contributed by atoms with E-state index >= 15 is 0 Å². The Morgan fingerprint density at radius 3 is 2.40 bits per heavy atom. The molecule has 15 heavy (non-hydrogen) atoms. The number of likely N-dealkylation sites (tertiary alicyclic amines) is 1. The Labute approximate surface area is 86.9 Å². The van der Waals surface area contributed by atoms with E-state index in [-0.39, 0.29) is 24.9 Å². The monoisotopic (exact) mass is 214 g/mol. The van der Waals surface area contributed by atoms with Crippen LogP contribution in [0.2, 0.25) is 0 Å². The predicted octanol–water partition coefficient (Wildman–Crippen LogP) is -2.17. The zero-order chi connectivity index (χ0) is 11.0. The van der Waals surface area contributed by atoms with Crippen molar-refractivity contribution in [2.45, 2.75) is 31.1 Å². The van der Waals surface area contributed by atoms with Crippen LogP contribution in [0.3, 0.4) is 0 Å². The van der Waals surface area contributed by atoms with Crippen molar-refractivity contribution in [3.63, 3.8) is 0 Å². The fourth-order valence-electron chi connectivity index (χ4n) is 1.97. The zero-order valence-corrected chi connectivity index (χ0v) is 8.22. The van der Waals surface area contributed by atoms with Gasteiger partial charge in [-0.15, -0.1) is 0 Å². The molecule has 0 spiro atoms. The fourth-order valence-corrected chi connectivity index (χ4v) is 1.97. The van der Waals surface area contributed by atoms with Gasteiger partial charge in [-0.25, -0.2) is 0 Å². The van der Waals surface area contributed by atoms with E-state index in [0.717, 1.165) is 0 Å². The van der Waals surface area contributed by atoms with Gasteiger partial charge in [0.25, 0.3) is 0 Å². The largest absolute Gasteiger partial charge is 0.388 e. The number of amides is 2. The van der Waals surface area contributed by atoms with Crippen molar-refractivity contribution < 1.29 is 19.8 Å². The average molecular weight is 214 g/mol. The van der Waals surface area contributed by atoms with Crippen molar-refractivity contribution in [1.82, 2.24) is 10.2 Å². The number of hydrogen-bond acceptors (Lipinski definition) is 4. The molecule has 0 radical (unpaired) electrons. The Morgan fingerprint density at radius 1 is 1.33 bits per heavy atom. The zero-order valence-electron chi connectivity index (χ0n) is 8.22. The van der Waals surface area contributed by atoms with Gasteiger partial charge in [-0.1, -0.05) is 0 Å². The van der Waals surface area contributed by atoms with Gasteiger partial charge in [-0.2, -0.15) is 0 Å². The number of carbonyl (C=O) groups excluding carboxylic acids is 2. The molecule has 3 N–H and O–H groups in total. The molecule has 6 heteroatoms. The molecule has 2 saturated heterocycles. The van der Waals surface area contributed by atoms with Gasteiger partial charge < -0.3 is 20.4 Å². The van der Waals surface area contributed by atoms with Crippen molar-refractivity contribution in [3.8, 4) is 0 Å². The highest BCUT2D eigenvalue weighted by atomic mass is 16.3. The van der Waals surface area contributed by atoms with Gasteiger partial charge in [0.15, 0.2) is 0 Å². The highest BCUT2D eigenvalue weighted by molar-refractivity contribution is 5.91. The molecule has 2 rings (SSSR count). The van der Waals surface area contributed by atoms with E-state index in [9.17, 15) is 19.8 Å². The summed E-state index contributed by atoms with van der Waals surface area (Å²) in [5.41, 5.74) is 0. The smallest absolute Gasteiger partial charge is 0.245 e. The summed E-state index contributed by atoms with van der Waals surface area (Å²) < 4.78 is 0. The molecule has 2 fully saturated rings. The summed E-state index contributed by atoms with van der Waals surface area (Å²) in [6, 6.07) is -0.477. The van der Waals surface area contributed by atoms with Crippen LogP contribution < -0.4 is 5.32 Å². The molecule has 0 bridgehead atoms. The SMILES string of the molecule is O=C1CCC(C(=O)N2C[C@@H](O)[C@@H](O)C2)N1. The second kappa shape index (κ2) is 3.79. The van der Waals surface area contributed by atoms with Crippen LogP contribution in [-0.2, 0) is 9.59 Å². The van der Waals surface area contributed by atoms with Gasteiger partial charge in [0.1, 0.15) is 6.04 Å². The standard InChI is InChI=1S/C9H14N2O4/c12-6-3-11(4-7(6)13)9(15)5-1-2-8(14)10-5/h5-7,12-13H,1-4H2,(H,10,14)/t5?,6-,7+. The molecule has 6 nitrogen and oxygen atoms in total. The van der Waals surface area contributed by atoms with Crippen LogP contribution in [0, 0.1) is 0 Å². The van der Waals surface area contributed by atoms with Crippen molar-refractivity contribution in [3.05, 3.63) is 0 Å². The van der Waals surface area contributed by atoms with E-state index in [1.165, 1.54) is 4.90 Å². The topological polar surface area (TPSA) is 89.9 Å². The number of aliphatic hydroxyl groups is 2. The summed E-state index contributed by atoms with van der Waals surface area (Å²) in [4.78, 5) is 24.1. The van der Waals surface area contributed by atoms with E-state index < -0.39 is 18.2 Å². The molecule has 2 heterocycles. The lowest BCUT2D eigenvalue weighted by Crippen LogP contribution is -2.43. The van der Waals surface area contributed by atoms with Crippen molar-refractivity contribution >= 4 is 11.8 Å². The predicted molar refractivity (Wildman–Crippen MR) is 49.8 cm³/mol. The van der Waals surface area contributed by atoms with Crippen molar-refractivity contribution in [1.29, 1.82) is 0 Å². The Kier molecular flexibility index (Phi) is 2.62. The maximum atomic E-state index is 11.8. The third-order valence-corrected chi connectivity index (χ3v) is 2.86. The lowest BCUT2D eigenvalue weighted by Gasteiger charge is -2.19. The Bertz CT molecular complexity index is 284. The van der Waals surface area contributed by atoms with E-state index in [2.05, 4.69) is 5.32 Å². The molecule has 1 unspecified atom stereocenters. The second-order valence-electron chi connectivity index (χ2n) is 4.04. The summed E-state index contributed by atoms with van der Waals surface area (Å²) in [7, 11) is 0. The van der Waals surface area contributed by atoms with E-state index in [1.807, 2.05) is 0 Å².